The molecule has 1 atom stereocenters. The largest absolute Gasteiger partial charge is 0.510 e. The van der Waals surface area contributed by atoms with E-state index in [4.69, 9.17) is 0 Å². The number of nitrogens with one attached hydrogen (secondary N) is 1. The van der Waals surface area contributed by atoms with Gasteiger partial charge in [0.1, 0.15) is 5.76 Å². The van der Waals surface area contributed by atoms with Gasteiger partial charge in [-0.25, -0.2) is 0 Å². The van der Waals surface area contributed by atoms with Gasteiger partial charge in [0.05, 0.1) is 11.6 Å². The summed E-state index contributed by atoms with van der Waals surface area (Å²) in [5.74, 6) is 0.158. The predicted molar refractivity (Wildman–Crippen MR) is 71.9 cm³/mol. The number of ketones is 1. The maximum absolute atomic E-state index is 12.3. The minimum Gasteiger partial charge on any atom is -0.510 e. The van der Waals surface area contributed by atoms with Crippen LogP contribution in [0.3, 0.4) is 0 Å². The zero-order valence-corrected chi connectivity index (χ0v) is 10.9. The molecule has 0 radical (unpaired) electrons. The Kier molecular flexibility index (Phi) is 3.82. The molecule has 1 heterocycles. The maximum Gasteiger partial charge on any atom is 0.193 e. The maximum atomic E-state index is 12.3. The Morgan fingerprint density at radius 1 is 1.50 bits per heavy atom. The fourth-order valence-electron chi connectivity index (χ4n) is 2.31. The first-order chi connectivity index (χ1) is 8.63. The van der Waals surface area contributed by atoms with Gasteiger partial charge in [0.15, 0.2) is 5.78 Å². The number of aryl methyl sites for hydroxylation is 1. The van der Waals surface area contributed by atoms with E-state index in [1.54, 1.807) is 6.07 Å². The third kappa shape index (κ3) is 2.46. The molecule has 0 saturated carbocycles. The van der Waals surface area contributed by atoms with Crippen molar-refractivity contribution in [2.75, 3.05) is 6.54 Å². The Bertz CT molecular complexity index is 491. The highest BCUT2D eigenvalue weighted by molar-refractivity contribution is 6.09. The summed E-state index contributed by atoms with van der Waals surface area (Å²) < 4.78 is 0. The van der Waals surface area contributed by atoms with E-state index in [0.29, 0.717) is 17.7 Å². The number of carbonyl (C=O) groups is 1. The van der Waals surface area contributed by atoms with Gasteiger partial charge in [-0.3, -0.25) is 4.79 Å². The summed E-state index contributed by atoms with van der Waals surface area (Å²) >= 11 is 0. The van der Waals surface area contributed by atoms with Crippen LogP contribution in [0.1, 0.15) is 35.7 Å². The molecule has 3 heteroatoms. The van der Waals surface area contributed by atoms with E-state index < -0.39 is 0 Å². The molecular weight excluding hydrogens is 226 g/mol. The number of carbonyl (C=O) groups excluding carboxylic acids is 1. The SMILES string of the molecule is CCCC1NCC(C(=O)c2cccc(C)c2)=C1O. The van der Waals surface area contributed by atoms with Crippen molar-refractivity contribution >= 4 is 5.78 Å². The van der Waals surface area contributed by atoms with Crippen LogP contribution in [-0.4, -0.2) is 23.5 Å². The average Bonchev–Trinajstić information content (AvgIpc) is 2.71. The normalized spacial score (nSPS) is 19.3. The minimum absolute atomic E-state index is 0.0567. The molecule has 1 aromatic carbocycles. The van der Waals surface area contributed by atoms with Crippen LogP contribution in [0.25, 0.3) is 0 Å². The Morgan fingerprint density at radius 2 is 2.28 bits per heavy atom. The Hall–Kier alpha value is -1.61. The molecule has 0 fully saturated rings. The molecule has 3 nitrogen and oxygen atoms in total. The standard InChI is InChI=1S/C15H19NO2/c1-3-5-13-15(18)12(9-16-13)14(17)11-7-4-6-10(2)8-11/h4,6-8,13,16,18H,3,5,9H2,1-2H3. The Labute approximate surface area is 108 Å². The van der Waals surface area contributed by atoms with Gasteiger partial charge in [-0.1, -0.05) is 37.1 Å². The molecule has 1 aromatic rings. The second kappa shape index (κ2) is 5.36. The topological polar surface area (TPSA) is 49.3 Å². The van der Waals surface area contributed by atoms with Gasteiger partial charge in [-0.2, -0.15) is 0 Å². The van der Waals surface area contributed by atoms with Gasteiger partial charge in [0, 0.05) is 12.1 Å². The van der Waals surface area contributed by atoms with Gasteiger partial charge < -0.3 is 10.4 Å². The third-order valence-corrected chi connectivity index (χ3v) is 3.30. The van der Waals surface area contributed by atoms with E-state index in [0.717, 1.165) is 18.4 Å². The number of benzene rings is 1. The van der Waals surface area contributed by atoms with E-state index in [1.807, 2.05) is 25.1 Å². The van der Waals surface area contributed by atoms with Crippen molar-refractivity contribution in [2.24, 2.45) is 0 Å². The summed E-state index contributed by atoms with van der Waals surface area (Å²) in [6.45, 7) is 4.48. The molecule has 2 N–H and O–H groups in total. The zero-order valence-electron chi connectivity index (χ0n) is 10.9. The molecule has 0 aromatic heterocycles. The molecule has 1 aliphatic rings. The summed E-state index contributed by atoms with van der Waals surface area (Å²) in [6, 6.07) is 7.42. The lowest BCUT2D eigenvalue weighted by atomic mass is 10.0. The van der Waals surface area contributed by atoms with Gasteiger partial charge in [0.2, 0.25) is 0 Å². The molecule has 1 unspecified atom stereocenters. The van der Waals surface area contributed by atoms with Crippen LogP contribution in [0.2, 0.25) is 0 Å². The quantitative estimate of drug-likeness (QED) is 0.802. The molecule has 18 heavy (non-hydrogen) atoms. The fraction of sp³-hybridized carbons (Fsp3) is 0.400. The van der Waals surface area contributed by atoms with Gasteiger partial charge in [-0.15, -0.1) is 0 Å². The van der Waals surface area contributed by atoms with Crippen molar-refractivity contribution in [1.82, 2.24) is 5.32 Å². The molecule has 2 rings (SSSR count). The van der Waals surface area contributed by atoms with Crippen molar-refractivity contribution in [3.8, 4) is 0 Å². The molecule has 96 valence electrons. The number of aliphatic hydroxyl groups is 1. The number of aliphatic hydroxyl groups excluding tert-OH is 1. The van der Waals surface area contributed by atoms with Crippen LogP contribution >= 0.6 is 0 Å². The van der Waals surface area contributed by atoms with Crippen LogP contribution in [0.15, 0.2) is 35.6 Å². The Balaban J connectivity index is 2.24. The van der Waals surface area contributed by atoms with Crippen LogP contribution in [-0.2, 0) is 0 Å². The van der Waals surface area contributed by atoms with Crippen molar-refractivity contribution in [3.63, 3.8) is 0 Å². The lowest BCUT2D eigenvalue weighted by Gasteiger charge is -2.08. The first-order valence-electron chi connectivity index (χ1n) is 6.40. The van der Waals surface area contributed by atoms with Crippen molar-refractivity contribution in [3.05, 3.63) is 46.7 Å². The number of rotatable bonds is 4. The minimum atomic E-state index is -0.0673. The van der Waals surface area contributed by atoms with Gasteiger partial charge in [-0.05, 0) is 19.4 Å². The molecular formula is C15H19NO2. The molecule has 0 aliphatic carbocycles. The smallest absolute Gasteiger partial charge is 0.193 e. The van der Waals surface area contributed by atoms with E-state index in [2.05, 4.69) is 12.2 Å². The Morgan fingerprint density at radius 3 is 2.94 bits per heavy atom. The lowest BCUT2D eigenvalue weighted by Crippen LogP contribution is -2.24. The van der Waals surface area contributed by atoms with Crippen LogP contribution in [0.5, 0.6) is 0 Å². The second-order valence-electron chi connectivity index (χ2n) is 4.78. The van der Waals surface area contributed by atoms with E-state index in [-0.39, 0.29) is 17.6 Å². The highest BCUT2D eigenvalue weighted by atomic mass is 16.3. The van der Waals surface area contributed by atoms with Gasteiger partial charge in [0.25, 0.3) is 0 Å². The number of hydrogen-bond acceptors (Lipinski definition) is 3. The predicted octanol–water partition coefficient (Wildman–Crippen LogP) is 2.76. The first kappa shape index (κ1) is 12.8. The van der Waals surface area contributed by atoms with Crippen molar-refractivity contribution in [2.45, 2.75) is 32.7 Å². The third-order valence-electron chi connectivity index (χ3n) is 3.30. The second-order valence-corrected chi connectivity index (χ2v) is 4.78. The average molecular weight is 245 g/mol. The summed E-state index contributed by atoms with van der Waals surface area (Å²) in [4.78, 5) is 12.3. The molecule has 0 bridgehead atoms. The van der Waals surface area contributed by atoms with Crippen LogP contribution < -0.4 is 5.32 Å². The highest BCUT2D eigenvalue weighted by Crippen LogP contribution is 2.21. The lowest BCUT2D eigenvalue weighted by molar-refractivity contribution is 0.102. The molecule has 0 saturated heterocycles. The zero-order chi connectivity index (χ0) is 13.1. The van der Waals surface area contributed by atoms with Crippen molar-refractivity contribution < 1.29 is 9.90 Å². The molecule has 1 aliphatic heterocycles. The van der Waals surface area contributed by atoms with Gasteiger partial charge >= 0.3 is 0 Å². The van der Waals surface area contributed by atoms with Crippen molar-refractivity contribution in [1.29, 1.82) is 0 Å². The summed E-state index contributed by atoms with van der Waals surface area (Å²) in [5, 5.41) is 13.3. The van der Waals surface area contributed by atoms with E-state index in [1.165, 1.54) is 0 Å². The molecule has 0 amide bonds. The number of Topliss-reactive ketones (excluding diaryl/α,β-unsaturated/α-hetero) is 1. The van der Waals surface area contributed by atoms with Crippen LogP contribution in [0.4, 0.5) is 0 Å². The fourth-order valence-corrected chi connectivity index (χ4v) is 2.31. The van der Waals surface area contributed by atoms with E-state index >= 15 is 0 Å². The first-order valence-corrected chi connectivity index (χ1v) is 6.40. The van der Waals surface area contributed by atoms with E-state index in [9.17, 15) is 9.90 Å². The summed E-state index contributed by atoms with van der Waals surface area (Å²) in [7, 11) is 0. The van der Waals surface area contributed by atoms with Crippen LogP contribution in [0, 0.1) is 6.92 Å². The monoisotopic (exact) mass is 245 g/mol. The number of hydrogen-bond donors (Lipinski definition) is 2. The highest BCUT2D eigenvalue weighted by Gasteiger charge is 2.28. The molecule has 0 spiro atoms. The summed E-state index contributed by atoms with van der Waals surface area (Å²) in [6.07, 6.45) is 1.84. The summed E-state index contributed by atoms with van der Waals surface area (Å²) in [5.41, 5.74) is 2.21.